The maximum absolute atomic E-state index is 14.0. The summed E-state index contributed by atoms with van der Waals surface area (Å²) in [4.78, 5) is 41.4. The van der Waals surface area contributed by atoms with Crippen molar-refractivity contribution in [3.05, 3.63) is 99.0 Å². The average Bonchev–Trinajstić information content (AvgIpc) is 3.24. The van der Waals surface area contributed by atoms with E-state index in [0.717, 1.165) is 11.6 Å². The highest BCUT2D eigenvalue weighted by Crippen LogP contribution is 2.30. The first kappa shape index (κ1) is 23.7. The lowest BCUT2D eigenvalue weighted by Gasteiger charge is -2.34. The van der Waals surface area contributed by atoms with Crippen molar-refractivity contribution in [3.63, 3.8) is 0 Å². The maximum Gasteiger partial charge on any atom is 0.276 e. The Labute approximate surface area is 205 Å². The summed E-state index contributed by atoms with van der Waals surface area (Å²) in [7, 11) is 0. The van der Waals surface area contributed by atoms with Crippen molar-refractivity contribution < 1.29 is 27.8 Å². The Kier molecular flexibility index (Phi) is 6.27. The van der Waals surface area contributed by atoms with Crippen LogP contribution in [0.2, 0.25) is 0 Å². The zero-order chi connectivity index (χ0) is 25.4. The Bertz CT molecular complexity index is 1390. The minimum absolute atomic E-state index is 0.0116. The minimum Gasteiger partial charge on any atom is -0.483 e. The van der Waals surface area contributed by atoms with Crippen LogP contribution in [-0.2, 0) is 24.4 Å². The number of halogens is 2. The molecule has 186 valence electrons. The summed E-state index contributed by atoms with van der Waals surface area (Å²) >= 11 is 0. The van der Waals surface area contributed by atoms with E-state index in [-0.39, 0.29) is 48.3 Å². The molecule has 2 aliphatic heterocycles. The molecule has 2 amide bonds. The first-order valence-corrected chi connectivity index (χ1v) is 11.4. The van der Waals surface area contributed by atoms with Crippen molar-refractivity contribution in [3.8, 4) is 5.75 Å². The fourth-order valence-electron chi connectivity index (χ4n) is 4.42. The summed E-state index contributed by atoms with van der Waals surface area (Å²) < 4.78 is 40.3. The number of aromatic nitrogens is 1. The van der Waals surface area contributed by atoms with Gasteiger partial charge in [0.15, 0.2) is 17.7 Å². The number of hydrogen-bond donors (Lipinski definition) is 1. The summed E-state index contributed by atoms with van der Waals surface area (Å²) in [5.74, 6) is -2.99. The Balaban J connectivity index is 1.50. The Morgan fingerprint density at radius 1 is 1.17 bits per heavy atom. The van der Waals surface area contributed by atoms with Crippen molar-refractivity contribution in [2.24, 2.45) is 0 Å². The lowest BCUT2D eigenvalue weighted by atomic mass is 10.1. The highest BCUT2D eigenvalue weighted by molar-refractivity contribution is 5.99. The molecular formula is C26H23F2N3O5. The zero-order valence-electron chi connectivity index (χ0n) is 19.4. The number of pyridine rings is 1. The molecule has 0 bridgehead atoms. The van der Waals surface area contributed by atoms with Gasteiger partial charge in [-0.1, -0.05) is 36.4 Å². The predicted molar refractivity (Wildman–Crippen MR) is 124 cm³/mol. The van der Waals surface area contributed by atoms with Gasteiger partial charge in [0.05, 0.1) is 19.2 Å². The van der Waals surface area contributed by atoms with Crippen LogP contribution in [0.4, 0.5) is 8.78 Å². The van der Waals surface area contributed by atoms with Crippen LogP contribution >= 0.6 is 0 Å². The van der Waals surface area contributed by atoms with Crippen molar-refractivity contribution in [2.75, 3.05) is 6.61 Å². The van der Waals surface area contributed by atoms with Crippen LogP contribution in [0.15, 0.2) is 59.5 Å². The topological polar surface area (TPSA) is 89.9 Å². The monoisotopic (exact) mass is 495 g/mol. The highest BCUT2D eigenvalue weighted by Gasteiger charge is 2.43. The number of carbonyl (C=O) groups is 2. The molecule has 0 aliphatic carbocycles. The molecule has 1 N–H and O–H groups in total. The molecule has 2 aliphatic rings. The fourth-order valence-corrected chi connectivity index (χ4v) is 4.42. The van der Waals surface area contributed by atoms with E-state index in [1.165, 1.54) is 16.8 Å². The molecule has 0 radical (unpaired) electrons. The summed E-state index contributed by atoms with van der Waals surface area (Å²) in [6.45, 7) is 2.17. The summed E-state index contributed by atoms with van der Waals surface area (Å²) in [5.41, 5.74) is -0.144. The number of carbonyl (C=O) groups excluding carboxylic acids is 2. The second kappa shape index (κ2) is 9.54. The van der Waals surface area contributed by atoms with Crippen LogP contribution < -0.4 is 15.5 Å². The van der Waals surface area contributed by atoms with E-state index >= 15 is 0 Å². The number of nitrogens with one attached hydrogen (secondary N) is 1. The van der Waals surface area contributed by atoms with Gasteiger partial charge in [-0.3, -0.25) is 14.4 Å². The first-order valence-electron chi connectivity index (χ1n) is 11.4. The lowest BCUT2D eigenvalue weighted by molar-refractivity contribution is 0.00603. The van der Waals surface area contributed by atoms with Gasteiger partial charge in [-0.25, -0.2) is 8.78 Å². The summed E-state index contributed by atoms with van der Waals surface area (Å²) in [6, 6.07) is 11.9. The Morgan fingerprint density at radius 2 is 1.94 bits per heavy atom. The molecular weight excluding hydrogens is 472 g/mol. The van der Waals surface area contributed by atoms with Crippen LogP contribution in [0.25, 0.3) is 0 Å². The van der Waals surface area contributed by atoms with E-state index < -0.39 is 35.1 Å². The molecule has 0 saturated carbocycles. The summed E-state index contributed by atoms with van der Waals surface area (Å²) in [5, 5.41) is 2.49. The number of rotatable bonds is 6. The molecule has 10 heteroatoms. The largest absolute Gasteiger partial charge is 0.483 e. The third-order valence-electron chi connectivity index (χ3n) is 6.27. The smallest absolute Gasteiger partial charge is 0.276 e. The van der Waals surface area contributed by atoms with Crippen molar-refractivity contribution in [1.82, 2.24) is 14.8 Å². The van der Waals surface area contributed by atoms with E-state index in [1.54, 1.807) is 4.90 Å². The van der Waals surface area contributed by atoms with Gasteiger partial charge in [-0.15, -0.1) is 0 Å². The van der Waals surface area contributed by atoms with Crippen LogP contribution in [-0.4, -0.2) is 40.2 Å². The molecule has 5 rings (SSSR count). The molecule has 1 aromatic heterocycles. The standard InChI is InChI=1S/C26H23F2N3O5/c1-15-13-35-21-12-30-11-19(25(33)29-10-17-7-8-18(27)9-20(17)28)23(32)24(22(30)26(34)31(15)21)36-14-16-5-3-2-4-6-16/h2-9,11,15,21H,10,12-14H2,1H3,(H,29,33)/t15-,21+/m0/s1. The average molecular weight is 495 g/mol. The maximum atomic E-state index is 14.0. The zero-order valence-corrected chi connectivity index (χ0v) is 19.4. The summed E-state index contributed by atoms with van der Waals surface area (Å²) in [6.07, 6.45) is 0.763. The normalized spacial score (nSPS) is 18.5. The van der Waals surface area contributed by atoms with E-state index in [2.05, 4.69) is 5.32 Å². The van der Waals surface area contributed by atoms with Gasteiger partial charge in [0.2, 0.25) is 5.43 Å². The van der Waals surface area contributed by atoms with Crippen molar-refractivity contribution >= 4 is 11.8 Å². The molecule has 2 atom stereocenters. The number of hydrogen-bond acceptors (Lipinski definition) is 5. The molecule has 2 aromatic carbocycles. The lowest BCUT2D eigenvalue weighted by Crippen LogP contribution is -2.49. The van der Waals surface area contributed by atoms with E-state index in [4.69, 9.17) is 9.47 Å². The molecule has 1 saturated heterocycles. The van der Waals surface area contributed by atoms with E-state index in [9.17, 15) is 23.2 Å². The third kappa shape index (κ3) is 4.35. The minimum atomic E-state index is -0.817. The molecule has 1 fully saturated rings. The van der Waals surface area contributed by atoms with Gasteiger partial charge in [0.25, 0.3) is 11.8 Å². The molecule has 0 spiro atoms. The Morgan fingerprint density at radius 3 is 2.69 bits per heavy atom. The highest BCUT2D eigenvalue weighted by atomic mass is 19.1. The SMILES string of the molecule is C[C@H]1CO[C@@H]2Cn3cc(C(=O)NCc4ccc(F)cc4F)c(=O)c(OCc4ccccc4)c3C(=O)N12. The molecule has 3 aromatic rings. The third-order valence-corrected chi connectivity index (χ3v) is 6.27. The van der Waals surface area contributed by atoms with Gasteiger partial charge in [0, 0.05) is 24.4 Å². The van der Waals surface area contributed by atoms with E-state index in [1.807, 2.05) is 37.3 Å². The van der Waals surface area contributed by atoms with E-state index in [0.29, 0.717) is 12.7 Å². The predicted octanol–water partition coefficient (Wildman–Crippen LogP) is 2.84. The van der Waals surface area contributed by atoms with Gasteiger partial charge < -0.3 is 24.3 Å². The second-order valence-corrected chi connectivity index (χ2v) is 8.74. The number of ether oxygens (including phenoxy) is 2. The van der Waals surface area contributed by atoms with Gasteiger partial charge in [-0.2, -0.15) is 0 Å². The van der Waals surface area contributed by atoms with Crippen LogP contribution in [0.5, 0.6) is 5.75 Å². The molecule has 0 unspecified atom stereocenters. The number of amides is 2. The molecule has 36 heavy (non-hydrogen) atoms. The number of nitrogens with zero attached hydrogens (tertiary/aromatic N) is 2. The molecule has 3 heterocycles. The van der Waals surface area contributed by atoms with Crippen LogP contribution in [0, 0.1) is 11.6 Å². The first-order chi connectivity index (χ1) is 17.3. The number of benzene rings is 2. The van der Waals surface area contributed by atoms with Gasteiger partial charge in [-0.05, 0) is 18.6 Å². The van der Waals surface area contributed by atoms with Crippen LogP contribution in [0.3, 0.4) is 0 Å². The number of fused-ring (bicyclic) bond motifs is 2. The molecule has 8 nitrogen and oxygen atoms in total. The fraction of sp³-hybridized carbons (Fsp3) is 0.269. The van der Waals surface area contributed by atoms with Gasteiger partial charge in [0.1, 0.15) is 23.8 Å². The van der Waals surface area contributed by atoms with Crippen molar-refractivity contribution in [1.29, 1.82) is 0 Å². The van der Waals surface area contributed by atoms with Gasteiger partial charge >= 0.3 is 0 Å². The Hall–Kier alpha value is -4.05. The quantitative estimate of drug-likeness (QED) is 0.568. The van der Waals surface area contributed by atoms with Crippen molar-refractivity contribution in [2.45, 2.75) is 38.9 Å². The second-order valence-electron chi connectivity index (χ2n) is 8.74. The van der Waals surface area contributed by atoms with Crippen LogP contribution in [0.1, 0.15) is 38.9 Å².